The maximum Gasteiger partial charge on any atom is 0.305 e. The van der Waals surface area contributed by atoms with E-state index in [-0.39, 0.29) is 17.9 Å². The second-order valence-electron chi connectivity index (χ2n) is 11.7. The van der Waals surface area contributed by atoms with Crippen molar-refractivity contribution in [1.82, 2.24) is 4.90 Å². The molecule has 0 N–H and O–H groups in total. The Kier molecular flexibility index (Phi) is 27.5. The van der Waals surface area contributed by atoms with Crippen LogP contribution in [0.15, 0.2) is 0 Å². The number of alkyl halides is 1. The fraction of sp³-hybridized carbons (Fsp3) is 0.939. The molecule has 0 aliphatic carbocycles. The topological polar surface area (TPSA) is 46.6 Å². The van der Waals surface area contributed by atoms with E-state index in [4.69, 9.17) is 4.74 Å². The summed E-state index contributed by atoms with van der Waals surface area (Å²) in [4.78, 5) is 27.1. The predicted molar refractivity (Wildman–Crippen MR) is 168 cm³/mol. The lowest BCUT2D eigenvalue weighted by Gasteiger charge is -2.27. The van der Waals surface area contributed by atoms with Gasteiger partial charge in [0, 0.05) is 30.8 Å². The molecule has 0 heterocycles. The van der Waals surface area contributed by atoms with Gasteiger partial charge in [0.15, 0.2) is 0 Å². The van der Waals surface area contributed by atoms with Gasteiger partial charge >= 0.3 is 5.97 Å². The molecule has 0 aliphatic rings. The van der Waals surface area contributed by atoms with Gasteiger partial charge in [-0.05, 0) is 58.3 Å². The molecule has 226 valence electrons. The predicted octanol–water partition coefficient (Wildman–Crippen LogP) is 10.4. The highest BCUT2D eigenvalue weighted by molar-refractivity contribution is 9.09. The molecule has 4 nitrogen and oxygen atoms in total. The second kappa shape index (κ2) is 28.0. The summed E-state index contributed by atoms with van der Waals surface area (Å²) in [6.45, 7) is 10.1. The molecular formula is C33H64BrNO3. The number of halogens is 1. The van der Waals surface area contributed by atoms with Gasteiger partial charge in [-0.1, -0.05) is 120 Å². The summed E-state index contributed by atoms with van der Waals surface area (Å²) in [5, 5.41) is 1.07. The van der Waals surface area contributed by atoms with Crippen LogP contribution in [-0.2, 0) is 14.3 Å². The Morgan fingerprint density at radius 2 is 1.16 bits per heavy atom. The lowest BCUT2D eigenvalue weighted by molar-refractivity contribution is -0.145. The van der Waals surface area contributed by atoms with Crippen molar-refractivity contribution in [2.75, 3.05) is 18.5 Å². The Bertz CT molecular complexity index is 540. The summed E-state index contributed by atoms with van der Waals surface area (Å²) >= 11 is 3.48. The van der Waals surface area contributed by atoms with Crippen molar-refractivity contribution in [3.63, 3.8) is 0 Å². The number of carbonyl (C=O) groups is 2. The third-order valence-electron chi connectivity index (χ3n) is 7.66. The summed E-state index contributed by atoms with van der Waals surface area (Å²) in [5.74, 6) is 0.774. The largest absolute Gasteiger partial charge is 0.465 e. The van der Waals surface area contributed by atoms with E-state index in [0.717, 1.165) is 44.0 Å². The highest BCUT2D eigenvalue weighted by Gasteiger charge is 2.16. The lowest BCUT2D eigenvalue weighted by atomic mass is 9.95. The molecule has 1 unspecified atom stereocenters. The van der Waals surface area contributed by atoms with E-state index < -0.39 is 0 Å². The number of ether oxygens (including phenoxy) is 1. The number of hydrogen-bond donors (Lipinski definition) is 0. The third-order valence-corrected chi connectivity index (χ3v) is 8.22. The average molecular weight is 603 g/mol. The van der Waals surface area contributed by atoms with Crippen LogP contribution >= 0.6 is 15.9 Å². The molecule has 0 aromatic rings. The number of amides is 1. The van der Waals surface area contributed by atoms with E-state index in [1.807, 2.05) is 4.90 Å². The SMILES string of the molecule is CCCCCCCCC(CCCCCC)COC(=O)CCCCCN(C(=O)CCCCCCCBr)C(C)C. The van der Waals surface area contributed by atoms with Crippen molar-refractivity contribution in [1.29, 1.82) is 0 Å². The first-order valence-electron chi connectivity index (χ1n) is 16.5. The first-order valence-corrected chi connectivity index (χ1v) is 17.6. The molecule has 1 atom stereocenters. The second-order valence-corrected chi connectivity index (χ2v) is 12.4. The number of unbranched alkanes of at least 4 members (excludes halogenated alkanes) is 14. The van der Waals surface area contributed by atoms with Crippen LogP contribution in [-0.4, -0.2) is 41.3 Å². The Labute approximate surface area is 245 Å². The van der Waals surface area contributed by atoms with Crippen molar-refractivity contribution in [3.05, 3.63) is 0 Å². The van der Waals surface area contributed by atoms with Crippen molar-refractivity contribution in [3.8, 4) is 0 Å². The first kappa shape index (κ1) is 37.4. The Balaban J connectivity index is 4.16. The van der Waals surface area contributed by atoms with Crippen LogP contribution in [0.3, 0.4) is 0 Å². The minimum absolute atomic E-state index is 0.0387. The zero-order chi connectivity index (χ0) is 28.3. The molecule has 0 aliphatic heterocycles. The average Bonchev–Trinajstić information content (AvgIpc) is 2.90. The van der Waals surface area contributed by atoms with Crippen molar-refractivity contribution < 1.29 is 14.3 Å². The summed E-state index contributed by atoms with van der Waals surface area (Å²) in [6, 6.07) is 0.238. The number of hydrogen-bond acceptors (Lipinski definition) is 3. The number of rotatable bonds is 28. The number of esters is 1. The van der Waals surface area contributed by atoms with Gasteiger partial charge in [-0.2, -0.15) is 0 Å². The molecule has 0 aromatic heterocycles. The Hall–Kier alpha value is -0.580. The summed E-state index contributed by atoms with van der Waals surface area (Å²) in [6.07, 6.45) is 25.2. The third kappa shape index (κ3) is 23.3. The van der Waals surface area contributed by atoms with Gasteiger partial charge in [0.25, 0.3) is 0 Å². The fourth-order valence-electron chi connectivity index (χ4n) is 5.11. The molecule has 0 saturated heterocycles. The van der Waals surface area contributed by atoms with Crippen LogP contribution in [0.2, 0.25) is 0 Å². The van der Waals surface area contributed by atoms with Crippen LogP contribution < -0.4 is 0 Å². The number of nitrogens with zero attached hydrogens (tertiary/aromatic N) is 1. The minimum Gasteiger partial charge on any atom is -0.465 e. The highest BCUT2D eigenvalue weighted by Crippen LogP contribution is 2.20. The fourth-order valence-corrected chi connectivity index (χ4v) is 5.51. The smallest absolute Gasteiger partial charge is 0.305 e. The van der Waals surface area contributed by atoms with Gasteiger partial charge in [-0.25, -0.2) is 0 Å². The van der Waals surface area contributed by atoms with E-state index >= 15 is 0 Å². The Morgan fingerprint density at radius 3 is 1.76 bits per heavy atom. The highest BCUT2D eigenvalue weighted by atomic mass is 79.9. The van der Waals surface area contributed by atoms with E-state index in [0.29, 0.717) is 25.4 Å². The van der Waals surface area contributed by atoms with Gasteiger partial charge in [0.05, 0.1) is 6.61 Å². The van der Waals surface area contributed by atoms with Gasteiger partial charge in [0.2, 0.25) is 5.91 Å². The van der Waals surface area contributed by atoms with Gasteiger partial charge in [-0.15, -0.1) is 0 Å². The van der Waals surface area contributed by atoms with Gasteiger partial charge in [0.1, 0.15) is 0 Å². The van der Waals surface area contributed by atoms with Crippen molar-refractivity contribution in [2.24, 2.45) is 5.92 Å². The van der Waals surface area contributed by atoms with Crippen molar-refractivity contribution in [2.45, 2.75) is 175 Å². The van der Waals surface area contributed by atoms with Crippen LogP contribution in [0.5, 0.6) is 0 Å². The normalized spacial score (nSPS) is 12.2. The zero-order valence-electron chi connectivity index (χ0n) is 25.9. The minimum atomic E-state index is -0.0387. The maximum atomic E-state index is 12.7. The molecule has 0 radical (unpaired) electrons. The summed E-state index contributed by atoms with van der Waals surface area (Å²) in [5.41, 5.74) is 0. The van der Waals surface area contributed by atoms with E-state index in [9.17, 15) is 9.59 Å². The van der Waals surface area contributed by atoms with Gasteiger partial charge < -0.3 is 9.64 Å². The number of carbonyl (C=O) groups excluding carboxylic acids is 2. The van der Waals surface area contributed by atoms with Crippen molar-refractivity contribution >= 4 is 27.8 Å². The monoisotopic (exact) mass is 601 g/mol. The maximum absolute atomic E-state index is 12.7. The quantitative estimate of drug-likeness (QED) is 0.0508. The molecule has 38 heavy (non-hydrogen) atoms. The van der Waals surface area contributed by atoms with Crippen LogP contribution in [0.25, 0.3) is 0 Å². The molecule has 5 heteroatoms. The van der Waals surface area contributed by atoms with E-state index in [1.165, 1.54) is 96.3 Å². The van der Waals surface area contributed by atoms with E-state index in [2.05, 4.69) is 43.6 Å². The standard InChI is InChI=1S/C33H64BrNO3/c1-5-7-9-11-13-18-24-31(23-17-10-8-6-2)29-38-33(37)26-20-16-22-28-35(30(3)4)32(36)25-19-14-12-15-21-27-34/h30-31H,5-29H2,1-4H3. The molecule has 1 amide bonds. The molecule has 0 aromatic carbocycles. The van der Waals surface area contributed by atoms with Crippen LogP contribution in [0.1, 0.15) is 169 Å². The molecule has 0 rings (SSSR count). The summed E-state index contributed by atoms with van der Waals surface area (Å²) < 4.78 is 5.73. The lowest BCUT2D eigenvalue weighted by Crippen LogP contribution is -2.37. The molecule has 0 spiro atoms. The van der Waals surface area contributed by atoms with Gasteiger partial charge in [-0.3, -0.25) is 9.59 Å². The zero-order valence-corrected chi connectivity index (χ0v) is 27.5. The van der Waals surface area contributed by atoms with E-state index in [1.54, 1.807) is 0 Å². The molecule has 0 bridgehead atoms. The molecule has 0 fully saturated rings. The Morgan fingerprint density at radius 1 is 0.658 bits per heavy atom. The molecule has 0 saturated carbocycles. The summed E-state index contributed by atoms with van der Waals surface area (Å²) in [7, 11) is 0. The van der Waals surface area contributed by atoms with Crippen LogP contribution in [0, 0.1) is 5.92 Å². The van der Waals surface area contributed by atoms with Crippen LogP contribution in [0.4, 0.5) is 0 Å². The molecular weight excluding hydrogens is 538 g/mol. The first-order chi connectivity index (χ1) is 18.5.